The van der Waals surface area contributed by atoms with Crippen molar-refractivity contribution in [3.63, 3.8) is 0 Å². The van der Waals surface area contributed by atoms with Gasteiger partial charge in [0, 0.05) is 17.8 Å². The number of fused-ring (bicyclic) bond motifs is 1. The predicted octanol–water partition coefficient (Wildman–Crippen LogP) is 2.86. The van der Waals surface area contributed by atoms with Gasteiger partial charge >= 0.3 is 5.97 Å². The molecule has 3 amide bonds. The number of carbonyl (C=O) groups is 5. The van der Waals surface area contributed by atoms with Crippen LogP contribution in [0.5, 0.6) is 0 Å². The van der Waals surface area contributed by atoms with Gasteiger partial charge in [0.2, 0.25) is 0 Å². The lowest BCUT2D eigenvalue weighted by Gasteiger charge is -2.14. The van der Waals surface area contributed by atoms with Crippen LogP contribution in [0.1, 0.15) is 55.3 Å². The monoisotopic (exact) mass is 420 g/mol. The van der Waals surface area contributed by atoms with E-state index in [2.05, 4.69) is 11.9 Å². The number of ether oxygens (including phenoxy) is 1. The number of ketones is 1. The van der Waals surface area contributed by atoms with E-state index < -0.39 is 29.8 Å². The van der Waals surface area contributed by atoms with Gasteiger partial charge in [-0.2, -0.15) is 0 Å². The molecule has 1 atom stereocenters. The van der Waals surface area contributed by atoms with E-state index in [9.17, 15) is 24.0 Å². The van der Waals surface area contributed by atoms with E-state index in [-0.39, 0.29) is 29.0 Å². The van der Waals surface area contributed by atoms with Gasteiger partial charge in [0.15, 0.2) is 11.9 Å². The summed E-state index contributed by atoms with van der Waals surface area (Å²) < 4.78 is 5.20. The Kier molecular flexibility index (Phi) is 6.10. The van der Waals surface area contributed by atoms with E-state index in [0.29, 0.717) is 11.3 Å². The van der Waals surface area contributed by atoms with Crippen LogP contribution >= 0.6 is 0 Å². The molecule has 31 heavy (non-hydrogen) atoms. The molecule has 1 aliphatic heterocycles. The normalized spacial score (nSPS) is 13.4. The molecule has 0 aliphatic carbocycles. The molecule has 158 valence electrons. The summed E-state index contributed by atoms with van der Waals surface area (Å²) in [7, 11) is 0. The van der Waals surface area contributed by atoms with Crippen LogP contribution in [0.15, 0.2) is 55.1 Å². The Morgan fingerprint density at radius 3 is 2.26 bits per heavy atom. The van der Waals surface area contributed by atoms with Gasteiger partial charge < -0.3 is 10.1 Å². The van der Waals surface area contributed by atoms with Crippen LogP contribution in [-0.4, -0.2) is 47.0 Å². The molecule has 0 spiro atoms. The molecule has 1 heterocycles. The summed E-state index contributed by atoms with van der Waals surface area (Å²) in [5.41, 5.74) is 1.30. The SMILES string of the molecule is C=CCN1C(=O)c2ccc(C(=O)OC(C)C(=O)Nc3ccc(C(C)=O)cc3)cc2C1=O. The lowest BCUT2D eigenvalue weighted by Crippen LogP contribution is -2.30. The molecule has 8 heteroatoms. The zero-order chi connectivity index (χ0) is 22.7. The maximum absolute atomic E-state index is 12.5. The number of carbonyl (C=O) groups excluding carboxylic acids is 5. The fourth-order valence-electron chi connectivity index (χ4n) is 3.03. The van der Waals surface area contributed by atoms with Crippen molar-refractivity contribution in [1.82, 2.24) is 4.90 Å². The number of hydrogen-bond acceptors (Lipinski definition) is 6. The van der Waals surface area contributed by atoms with Crippen LogP contribution in [0.2, 0.25) is 0 Å². The molecule has 1 aliphatic rings. The first-order valence-electron chi connectivity index (χ1n) is 9.47. The highest BCUT2D eigenvalue weighted by Crippen LogP contribution is 2.24. The van der Waals surface area contributed by atoms with Crippen molar-refractivity contribution in [1.29, 1.82) is 0 Å². The molecule has 0 aromatic heterocycles. The zero-order valence-corrected chi connectivity index (χ0v) is 17.0. The lowest BCUT2D eigenvalue weighted by molar-refractivity contribution is -0.123. The number of amides is 3. The van der Waals surface area contributed by atoms with Crippen LogP contribution < -0.4 is 5.32 Å². The number of nitrogens with one attached hydrogen (secondary N) is 1. The molecule has 0 radical (unpaired) electrons. The molecular formula is C23H20N2O6. The number of hydrogen-bond donors (Lipinski definition) is 1. The fourth-order valence-corrected chi connectivity index (χ4v) is 3.03. The first-order chi connectivity index (χ1) is 14.7. The molecule has 0 fully saturated rings. The van der Waals surface area contributed by atoms with Crippen molar-refractivity contribution in [2.24, 2.45) is 0 Å². The second kappa shape index (κ2) is 8.74. The summed E-state index contributed by atoms with van der Waals surface area (Å²) in [6, 6.07) is 10.3. The first-order valence-corrected chi connectivity index (χ1v) is 9.47. The van der Waals surface area contributed by atoms with Crippen molar-refractivity contribution < 1.29 is 28.7 Å². The third kappa shape index (κ3) is 4.42. The largest absolute Gasteiger partial charge is 0.449 e. The molecule has 0 bridgehead atoms. The molecular weight excluding hydrogens is 400 g/mol. The zero-order valence-electron chi connectivity index (χ0n) is 17.0. The van der Waals surface area contributed by atoms with Gasteiger partial charge in [-0.3, -0.25) is 24.1 Å². The van der Waals surface area contributed by atoms with Gasteiger partial charge in [-0.25, -0.2) is 4.79 Å². The van der Waals surface area contributed by atoms with Gasteiger partial charge in [-0.1, -0.05) is 6.08 Å². The summed E-state index contributed by atoms with van der Waals surface area (Å²) in [6.07, 6.45) is 0.313. The molecule has 1 N–H and O–H groups in total. The Hall–Kier alpha value is -4.07. The molecule has 3 rings (SSSR count). The number of anilines is 1. The van der Waals surface area contributed by atoms with Crippen LogP contribution in [-0.2, 0) is 9.53 Å². The number of imide groups is 1. The van der Waals surface area contributed by atoms with Crippen LogP contribution in [0, 0.1) is 0 Å². The average Bonchev–Trinajstić information content (AvgIpc) is 2.98. The molecule has 8 nitrogen and oxygen atoms in total. The minimum atomic E-state index is -1.12. The highest BCUT2D eigenvalue weighted by atomic mass is 16.5. The fraction of sp³-hybridized carbons (Fsp3) is 0.174. The third-order valence-electron chi connectivity index (χ3n) is 4.73. The first kappa shape index (κ1) is 21.6. The van der Waals surface area contributed by atoms with Crippen LogP contribution in [0.4, 0.5) is 5.69 Å². The second-order valence-electron chi connectivity index (χ2n) is 6.94. The average molecular weight is 420 g/mol. The number of nitrogens with zero attached hydrogens (tertiary/aromatic N) is 1. The quantitative estimate of drug-likeness (QED) is 0.319. The van der Waals surface area contributed by atoms with Gasteiger partial charge in [-0.05, 0) is 56.3 Å². The highest BCUT2D eigenvalue weighted by Gasteiger charge is 2.35. The van der Waals surface area contributed by atoms with Gasteiger partial charge in [-0.15, -0.1) is 6.58 Å². The minimum Gasteiger partial charge on any atom is -0.449 e. The number of esters is 1. The summed E-state index contributed by atoms with van der Waals surface area (Å²) in [4.78, 5) is 61.8. The summed E-state index contributed by atoms with van der Waals surface area (Å²) in [6.45, 7) is 6.43. The topological polar surface area (TPSA) is 110 Å². The van der Waals surface area contributed by atoms with Crippen molar-refractivity contribution in [2.45, 2.75) is 20.0 Å². The van der Waals surface area contributed by atoms with E-state index in [4.69, 9.17) is 4.74 Å². The number of rotatable bonds is 7. The van der Waals surface area contributed by atoms with Crippen molar-refractivity contribution in [3.8, 4) is 0 Å². The number of benzene rings is 2. The Bertz CT molecular complexity index is 1100. The van der Waals surface area contributed by atoms with E-state index in [1.165, 1.54) is 38.1 Å². The molecule has 0 saturated carbocycles. The standard InChI is InChI=1S/C23H20N2O6/c1-4-11-25-21(28)18-10-7-16(12-19(18)22(25)29)23(30)31-14(3)20(27)24-17-8-5-15(6-9-17)13(2)26/h4-10,12,14H,1,11H2,2-3H3,(H,24,27). The second-order valence-corrected chi connectivity index (χ2v) is 6.94. The lowest BCUT2D eigenvalue weighted by atomic mass is 10.1. The van der Waals surface area contributed by atoms with Crippen molar-refractivity contribution >= 4 is 35.2 Å². The van der Waals surface area contributed by atoms with Gasteiger partial charge in [0.05, 0.1) is 16.7 Å². The van der Waals surface area contributed by atoms with Crippen molar-refractivity contribution in [2.75, 3.05) is 11.9 Å². The Morgan fingerprint density at radius 2 is 1.65 bits per heavy atom. The predicted molar refractivity (Wildman–Crippen MR) is 112 cm³/mol. The third-order valence-corrected chi connectivity index (χ3v) is 4.73. The minimum absolute atomic E-state index is 0.0471. The Balaban J connectivity index is 1.67. The van der Waals surface area contributed by atoms with Gasteiger partial charge in [0.1, 0.15) is 0 Å². The van der Waals surface area contributed by atoms with E-state index in [1.54, 1.807) is 24.3 Å². The van der Waals surface area contributed by atoms with Crippen LogP contribution in [0.3, 0.4) is 0 Å². The summed E-state index contributed by atoms with van der Waals surface area (Å²) >= 11 is 0. The van der Waals surface area contributed by atoms with Crippen molar-refractivity contribution in [3.05, 3.63) is 77.4 Å². The molecule has 0 saturated heterocycles. The molecule has 2 aromatic carbocycles. The van der Waals surface area contributed by atoms with Crippen LogP contribution in [0.25, 0.3) is 0 Å². The Labute approximate surface area is 178 Å². The molecule has 1 unspecified atom stereocenters. The maximum atomic E-state index is 12.5. The maximum Gasteiger partial charge on any atom is 0.338 e. The van der Waals surface area contributed by atoms with E-state index in [0.717, 1.165) is 4.90 Å². The molecule has 2 aromatic rings. The Morgan fingerprint density at radius 1 is 1.03 bits per heavy atom. The smallest absolute Gasteiger partial charge is 0.338 e. The highest BCUT2D eigenvalue weighted by molar-refractivity contribution is 6.22. The van der Waals surface area contributed by atoms with E-state index in [1.807, 2.05) is 0 Å². The summed E-state index contributed by atoms with van der Waals surface area (Å²) in [5, 5.41) is 2.60. The van der Waals surface area contributed by atoms with Gasteiger partial charge in [0.25, 0.3) is 17.7 Å². The van der Waals surface area contributed by atoms with E-state index >= 15 is 0 Å². The summed E-state index contributed by atoms with van der Waals surface area (Å²) in [5.74, 6) is -2.44. The number of Topliss-reactive ketones (excluding diaryl/α,β-unsaturated/α-hetero) is 1.